The summed E-state index contributed by atoms with van der Waals surface area (Å²) in [7, 11) is 0. The minimum Gasteiger partial charge on any atom is -0.192 e. The van der Waals surface area contributed by atoms with Crippen molar-refractivity contribution in [3.05, 3.63) is 21.9 Å². The molecule has 0 amide bonds. The van der Waals surface area contributed by atoms with Gasteiger partial charge in [-0.15, -0.1) is 11.3 Å². The topological polar surface area (TPSA) is 23.8 Å². The Morgan fingerprint density at radius 2 is 2.30 bits per heavy atom. The van der Waals surface area contributed by atoms with Crippen molar-refractivity contribution >= 4 is 11.3 Å². The van der Waals surface area contributed by atoms with Crippen LogP contribution in [0.2, 0.25) is 0 Å². The molecule has 1 rings (SSSR count). The Labute approximate surface area is 64.9 Å². The standard InChI is InChI=1S/C8H9NS/c1-6(2)8-7(5-9)3-4-10-8/h3-4,6H,1-2H3. The molecule has 0 aliphatic rings. The van der Waals surface area contributed by atoms with Crippen LogP contribution in [0.5, 0.6) is 0 Å². The number of nitrogens with zero attached hydrogens (tertiary/aromatic N) is 1. The monoisotopic (exact) mass is 151 g/mol. The molecule has 0 atom stereocenters. The Morgan fingerprint density at radius 1 is 1.60 bits per heavy atom. The van der Waals surface area contributed by atoms with Gasteiger partial charge in [-0.2, -0.15) is 5.26 Å². The summed E-state index contributed by atoms with van der Waals surface area (Å²) in [6.07, 6.45) is 0. The Bertz CT molecular complexity index is 254. The van der Waals surface area contributed by atoms with Crippen molar-refractivity contribution in [2.24, 2.45) is 0 Å². The van der Waals surface area contributed by atoms with Gasteiger partial charge in [0.2, 0.25) is 0 Å². The summed E-state index contributed by atoms with van der Waals surface area (Å²) in [5, 5.41) is 10.6. The van der Waals surface area contributed by atoms with Crippen LogP contribution >= 0.6 is 11.3 Å². The molecule has 0 unspecified atom stereocenters. The van der Waals surface area contributed by atoms with E-state index in [4.69, 9.17) is 5.26 Å². The summed E-state index contributed by atoms with van der Waals surface area (Å²) in [6.45, 7) is 4.21. The summed E-state index contributed by atoms with van der Waals surface area (Å²) in [5.74, 6) is 0.481. The van der Waals surface area contributed by atoms with E-state index in [1.165, 1.54) is 4.88 Å². The van der Waals surface area contributed by atoms with Crippen molar-refractivity contribution in [3.8, 4) is 6.07 Å². The van der Waals surface area contributed by atoms with Crippen molar-refractivity contribution in [3.63, 3.8) is 0 Å². The van der Waals surface area contributed by atoms with Crippen LogP contribution in [0, 0.1) is 11.3 Å². The van der Waals surface area contributed by atoms with Gasteiger partial charge in [0.25, 0.3) is 0 Å². The zero-order valence-electron chi connectivity index (χ0n) is 6.09. The molecule has 0 aliphatic heterocycles. The minimum atomic E-state index is 0.481. The second-order valence-corrected chi connectivity index (χ2v) is 3.41. The van der Waals surface area contributed by atoms with Gasteiger partial charge in [0.15, 0.2) is 0 Å². The average Bonchev–Trinajstić information content (AvgIpc) is 2.33. The molecule has 1 nitrogen and oxygen atoms in total. The summed E-state index contributed by atoms with van der Waals surface area (Å²) in [6, 6.07) is 4.04. The van der Waals surface area contributed by atoms with Gasteiger partial charge in [-0.05, 0) is 17.4 Å². The van der Waals surface area contributed by atoms with Crippen LogP contribution < -0.4 is 0 Å². The molecule has 0 spiro atoms. The van der Waals surface area contributed by atoms with E-state index in [-0.39, 0.29) is 0 Å². The SMILES string of the molecule is CC(C)c1sccc1C#N. The van der Waals surface area contributed by atoms with Crippen LogP contribution in [0.25, 0.3) is 0 Å². The van der Waals surface area contributed by atoms with E-state index < -0.39 is 0 Å². The zero-order valence-corrected chi connectivity index (χ0v) is 6.90. The lowest BCUT2D eigenvalue weighted by molar-refractivity contribution is 0.886. The van der Waals surface area contributed by atoms with Gasteiger partial charge in [-0.1, -0.05) is 13.8 Å². The highest BCUT2D eigenvalue weighted by atomic mass is 32.1. The Morgan fingerprint density at radius 3 is 2.70 bits per heavy atom. The van der Waals surface area contributed by atoms with Gasteiger partial charge in [0.05, 0.1) is 5.56 Å². The van der Waals surface area contributed by atoms with Gasteiger partial charge >= 0.3 is 0 Å². The van der Waals surface area contributed by atoms with E-state index in [0.717, 1.165) is 5.56 Å². The molecule has 52 valence electrons. The molecule has 0 bridgehead atoms. The molecule has 0 saturated carbocycles. The second-order valence-electron chi connectivity index (χ2n) is 2.47. The number of thiophene rings is 1. The molecule has 0 saturated heterocycles. The van der Waals surface area contributed by atoms with Crippen LogP contribution in [0.15, 0.2) is 11.4 Å². The molecule has 0 aromatic carbocycles. The van der Waals surface area contributed by atoms with Crippen molar-refractivity contribution in [1.29, 1.82) is 5.26 Å². The van der Waals surface area contributed by atoms with Gasteiger partial charge in [-0.25, -0.2) is 0 Å². The molecular weight excluding hydrogens is 142 g/mol. The van der Waals surface area contributed by atoms with E-state index in [9.17, 15) is 0 Å². The van der Waals surface area contributed by atoms with E-state index in [1.807, 2.05) is 11.4 Å². The third-order valence-electron chi connectivity index (χ3n) is 1.34. The van der Waals surface area contributed by atoms with Gasteiger partial charge in [-0.3, -0.25) is 0 Å². The van der Waals surface area contributed by atoms with Crippen molar-refractivity contribution in [2.75, 3.05) is 0 Å². The van der Waals surface area contributed by atoms with Gasteiger partial charge in [0.1, 0.15) is 6.07 Å². The van der Waals surface area contributed by atoms with E-state index in [2.05, 4.69) is 19.9 Å². The number of rotatable bonds is 1. The van der Waals surface area contributed by atoms with Crippen LogP contribution in [0.1, 0.15) is 30.2 Å². The first-order chi connectivity index (χ1) is 4.75. The Hall–Kier alpha value is -0.810. The van der Waals surface area contributed by atoms with Crippen molar-refractivity contribution < 1.29 is 0 Å². The minimum absolute atomic E-state index is 0.481. The molecule has 0 radical (unpaired) electrons. The maximum atomic E-state index is 8.61. The fourth-order valence-corrected chi connectivity index (χ4v) is 1.72. The average molecular weight is 151 g/mol. The molecule has 1 heterocycles. The summed E-state index contributed by atoms with van der Waals surface area (Å²) in [4.78, 5) is 1.20. The Balaban J connectivity index is 3.05. The maximum absolute atomic E-state index is 8.61. The predicted molar refractivity (Wildman–Crippen MR) is 43.1 cm³/mol. The largest absolute Gasteiger partial charge is 0.192 e. The van der Waals surface area contributed by atoms with Crippen LogP contribution in [0.3, 0.4) is 0 Å². The van der Waals surface area contributed by atoms with Crippen molar-refractivity contribution in [2.45, 2.75) is 19.8 Å². The summed E-state index contributed by atoms with van der Waals surface area (Å²) >= 11 is 1.66. The van der Waals surface area contributed by atoms with Crippen molar-refractivity contribution in [1.82, 2.24) is 0 Å². The molecule has 0 aliphatic carbocycles. The first-order valence-electron chi connectivity index (χ1n) is 3.23. The quantitative estimate of drug-likeness (QED) is 0.605. The van der Waals surface area contributed by atoms with Crippen LogP contribution in [-0.4, -0.2) is 0 Å². The first-order valence-corrected chi connectivity index (χ1v) is 4.11. The molecule has 10 heavy (non-hydrogen) atoms. The highest BCUT2D eigenvalue weighted by Gasteiger charge is 2.05. The molecule has 1 aromatic rings. The van der Waals surface area contributed by atoms with E-state index >= 15 is 0 Å². The normalized spacial score (nSPS) is 9.80. The number of hydrogen-bond acceptors (Lipinski definition) is 2. The predicted octanol–water partition coefficient (Wildman–Crippen LogP) is 2.74. The fourth-order valence-electron chi connectivity index (χ4n) is 0.860. The van der Waals surface area contributed by atoms with Crippen LogP contribution in [0.4, 0.5) is 0 Å². The Kier molecular flexibility index (Phi) is 2.08. The lowest BCUT2D eigenvalue weighted by atomic mass is 10.1. The van der Waals surface area contributed by atoms with Gasteiger partial charge < -0.3 is 0 Å². The van der Waals surface area contributed by atoms with Gasteiger partial charge in [0, 0.05) is 4.88 Å². The van der Waals surface area contributed by atoms with E-state index in [0.29, 0.717) is 5.92 Å². The lowest BCUT2D eigenvalue weighted by Crippen LogP contribution is -1.84. The number of nitriles is 1. The van der Waals surface area contributed by atoms with Crippen LogP contribution in [-0.2, 0) is 0 Å². The number of hydrogen-bond donors (Lipinski definition) is 0. The maximum Gasteiger partial charge on any atom is 0.100 e. The summed E-state index contributed by atoms with van der Waals surface area (Å²) in [5.41, 5.74) is 0.833. The third-order valence-corrected chi connectivity index (χ3v) is 2.56. The highest BCUT2D eigenvalue weighted by Crippen LogP contribution is 2.24. The molecule has 2 heteroatoms. The lowest BCUT2D eigenvalue weighted by Gasteiger charge is -1.98. The fraction of sp³-hybridized carbons (Fsp3) is 0.375. The summed E-state index contributed by atoms with van der Waals surface area (Å²) < 4.78 is 0. The zero-order chi connectivity index (χ0) is 7.56. The first kappa shape index (κ1) is 7.30. The second kappa shape index (κ2) is 2.85. The smallest absolute Gasteiger partial charge is 0.100 e. The highest BCUT2D eigenvalue weighted by molar-refractivity contribution is 7.10. The third kappa shape index (κ3) is 1.19. The van der Waals surface area contributed by atoms with E-state index in [1.54, 1.807) is 11.3 Å². The molecular formula is C8H9NS. The molecule has 1 aromatic heterocycles. The molecule has 0 N–H and O–H groups in total. The molecule has 0 fully saturated rings.